The summed E-state index contributed by atoms with van der Waals surface area (Å²) < 4.78 is 12.3. The number of anilines is 1. The number of carbonyl (C=O) groups excluding carboxylic acids is 2. The Morgan fingerprint density at radius 2 is 1.89 bits per heavy atom. The van der Waals surface area contributed by atoms with Crippen molar-refractivity contribution in [3.8, 4) is 11.5 Å². The van der Waals surface area contributed by atoms with Gasteiger partial charge >= 0.3 is 0 Å². The Labute approximate surface area is 223 Å². The molecule has 0 aliphatic carbocycles. The summed E-state index contributed by atoms with van der Waals surface area (Å²) in [7, 11) is 3.11. The zero-order chi connectivity index (χ0) is 26.1. The molecule has 12 heteroatoms. The highest BCUT2D eigenvalue weighted by Crippen LogP contribution is 2.30. The van der Waals surface area contributed by atoms with Gasteiger partial charge in [-0.3, -0.25) is 9.59 Å². The van der Waals surface area contributed by atoms with Crippen LogP contribution in [0.4, 0.5) is 5.69 Å². The Balaban J connectivity index is 1.55. The molecule has 1 heterocycles. The van der Waals surface area contributed by atoms with Gasteiger partial charge in [-0.2, -0.15) is 0 Å². The predicted molar refractivity (Wildman–Crippen MR) is 142 cm³/mol. The van der Waals surface area contributed by atoms with Gasteiger partial charge in [0, 0.05) is 12.6 Å². The van der Waals surface area contributed by atoms with Crippen molar-refractivity contribution in [3.63, 3.8) is 0 Å². The molecule has 0 saturated heterocycles. The predicted octanol–water partition coefficient (Wildman–Crippen LogP) is 4.68. The molecule has 2 aromatic carbocycles. The number of benzene rings is 2. The Morgan fingerprint density at radius 3 is 2.61 bits per heavy atom. The molecule has 0 saturated carbocycles. The van der Waals surface area contributed by atoms with Gasteiger partial charge in [0.2, 0.25) is 11.8 Å². The highest BCUT2D eigenvalue weighted by molar-refractivity contribution is 7.99. The Kier molecular flexibility index (Phi) is 10.0. The first-order valence-electron chi connectivity index (χ1n) is 10.8. The number of thioether (sulfide) groups is 1. The minimum absolute atomic E-state index is 0.0986. The van der Waals surface area contributed by atoms with Crippen LogP contribution in [0, 0.1) is 0 Å². The normalized spacial score (nSPS) is 10.9. The highest BCUT2D eigenvalue weighted by Gasteiger charge is 2.15. The molecule has 0 bridgehead atoms. The maximum atomic E-state index is 12.4. The molecule has 0 atom stereocenters. The second-order valence-electron chi connectivity index (χ2n) is 7.25. The summed E-state index contributed by atoms with van der Waals surface area (Å²) in [5.74, 6) is 1.31. The second-order valence-corrected chi connectivity index (χ2v) is 8.97. The van der Waals surface area contributed by atoms with Crippen LogP contribution in [0.2, 0.25) is 10.0 Å². The van der Waals surface area contributed by atoms with Gasteiger partial charge in [-0.15, -0.1) is 10.2 Å². The summed E-state index contributed by atoms with van der Waals surface area (Å²) >= 11 is 13.3. The van der Waals surface area contributed by atoms with E-state index in [1.54, 1.807) is 50.6 Å². The van der Waals surface area contributed by atoms with Crippen molar-refractivity contribution in [1.82, 2.24) is 20.1 Å². The lowest BCUT2D eigenvalue weighted by Crippen LogP contribution is -2.22. The number of hydrogen-bond donors (Lipinski definition) is 2. The quantitative estimate of drug-likeness (QED) is 0.264. The summed E-state index contributed by atoms with van der Waals surface area (Å²) in [5, 5.41) is 15.1. The number of rotatable bonds is 11. The zero-order valence-electron chi connectivity index (χ0n) is 19.9. The third kappa shape index (κ3) is 7.16. The van der Waals surface area contributed by atoms with E-state index in [2.05, 4.69) is 20.8 Å². The van der Waals surface area contributed by atoms with Crippen molar-refractivity contribution >= 4 is 58.5 Å². The molecule has 0 spiro atoms. The fourth-order valence-electron chi connectivity index (χ4n) is 3.14. The van der Waals surface area contributed by atoms with Gasteiger partial charge in [0.15, 0.2) is 22.5 Å². The fraction of sp³-hybridized carbons (Fsp3) is 0.250. The van der Waals surface area contributed by atoms with Crippen LogP contribution in [0.15, 0.2) is 47.6 Å². The third-order valence-corrected chi connectivity index (χ3v) is 6.71. The first kappa shape index (κ1) is 27.4. The molecule has 0 radical (unpaired) electrons. The number of halogens is 2. The Morgan fingerprint density at radius 1 is 1.11 bits per heavy atom. The lowest BCUT2D eigenvalue weighted by atomic mass is 10.2. The average molecular weight is 550 g/mol. The standard InChI is InChI=1S/C24H25Cl2N5O4S/c1-4-31-20(13-27-21(32)11-9-15-8-10-18(34-2)19(12-15)35-3)29-30-24(31)36-14-22(33)28-17-7-5-6-16(25)23(17)26/h5-12H,4,13-14H2,1-3H3,(H,27,32)(H,28,33)/b11-9+. The smallest absolute Gasteiger partial charge is 0.244 e. The molecule has 36 heavy (non-hydrogen) atoms. The molecule has 0 aliphatic rings. The van der Waals surface area contributed by atoms with Crippen molar-refractivity contribution in [2.75, 3.05) is 25.3 Å². The lowest BCUT2D eigenvalue weighted by Gasteiger charge is -2.09. The van der Waals surface area contributed by atoms with Gasteiger partial charge in [-0.25, -0.2) is 0 Å². The largest absolute Gasteiger partial charge is 0.493 e. The minimum atomic E-state index is -0.289. The molecule has 0 aliphatic heterocycles. The Bertz CT molecular complexity index is 1270. The van der Waals surface area contributed by atoms with E-state index >= 15 is 0 Å². The summed E-state index contributed by atoms with van der Waals surface area (Å²) in [6.45, 7) is 2.69. The molecular formula is C24H25Cl2N5O4S. The van der Waals surface area contributed by atoms with Gasteiger partial charge in [0.25, 0.3) is 0 Å². The fourth-order valence-corrected chi connectivity index (χ4v) is 4.31. The summed E-state index contributed by atoms with van der Waals surface area (Å²) in [5.41, 5.74) is 1.23. The van der Waals surface area contributed by atoms with Gasteiger partial charge in [-0.05, 0) is 42.8 Å². The van der Waals surface area contributed by atoms with E-state index in [-0.39, 0.29) is 29.1 Å². The van der Waals surface area contributed by atoms with Crippen molar-refractivity contribution in [1.29, 1.82) is 0 Å². The van der Waals surface area contributed by atoms with E-state index in [1.165, 1.54) is 17.8 Å². The first-order valence-corrected chi connectivity index (χ1v) is 12.6. The highest BCUT2D eigenvalue weighted by atomic mass is 35.5. The molecule has 2 N–H and O–H groups in total. The van der Waals surface area contributed by atoms with E-state index in [0.29, 0.717) is 39.7 Å². The number of ether oxygens (including phenoxy) is 2. The van der Waals surface area contributed by atoms with Gasteiger partial charge in [-0.1, -0.05) is 47.1 Å². The van der Waals surface area contributed by atoms with E-state index in [4.69, 9.17) is 32.7 Å². The molecule has 190 valence electrons. The maximum Gasteiger partial charge on any atom is 0.244 e. The van der Waals surface area contributed by atoms with Crippen molar-refractivity contribution in [3.05, 3.63) is 63.9 Å². The number of hydrogen-bond acceptors (Lipinski definition) is 7. The molecule has 1 aromatic heterocycles. The number of nitrogens with one attached hydrogen (secondary N) is 2. The number of carbonyl (C=O) groups is 2. The van der Waals surface area contributed by atoms with Crippen molar-refractivity contribution in [2.45, 2.75) is 25.2 Å². The molecule has 2 amide bonds. The van der Waals surface area contributed by atoms with Crippen LogP contribution in [0.25, 0.3) is 6.08 Å². The van der Waals surface area contributed by atoms with Crippen LogP contribution in [0.3, 0.4) is 0 Å². The number of aromatic nitrogens is 3. The molecule has 3 aromatic rings. The lowest BCUT2D eigenvalue weighted by molar-refractivity contribution is -0.116. The molecule has 9 nitrogen and oxygen atoms in total. The Hall–Kier alpha value is -3.21. The second kappa shape index (κ2) is 13.2. The minimum Gasteiger partial charge on any atom is -0.493 e. The molecule has 0 unspecified atom stereocenters. The number of methoxy groups -OCH3 is 2. The topological polar surface area (TPSA) is 107 Å². The molecule has 3 rings (SSSR count). The average Bonchev–Trinajstić information content (AvgIpc) is 3.29. The molecular weight excluding hydrogens is 525 g/mol. The SMILES string of the molecule is CCn1c(CNC(=O)/C=C/c2ccc(OC)c(OC)c2)nnc1SCC(=O)Nc1cccc(Cl)c1Cl. The van der Waals surface area contributed by atoms with E-state index < -0.39 is 0 Å². The van der Waals surface area contributed by atoms with E-state index in [0.717, 1.165) is 5.56 Å². The van der Waals surface area contributed by atoms with E-state index in [9.17, 15) is 9.59 Å². The maximum absolute atomic E-state index is 12.4. The monoisotopic (exact) mass is 549 g/mol. The molecule has 0 fully saturated rings. The summed E-state index contributed by atoms with van der Waals surface area (Å²) in [6.07, 6.45) is 3.10. The summed E-state index contributed by atoms with van der Waals surface area (Å²) in [4.78, 5) is 24.7. The van der Waals surface area contributed by atoms with Crippen LogP contribution in [0.5, 0.6) is 11.5 Å². The van der Waals surface area contributed by atoms with Gasteiger partial charge in [0.05, 0.1) is 42.2 Å². The van der Waals surface area contributed by atoms with Crippen LogP contribution in [-0.2, 0) is 22.7 Å². The van der Waals surface area contributed by atoms with Gasteiger partial charge < -0.3 is 24.7 Å². The van der Waals surface area contributed by atoms with Crippen LogP contribution in [0.1, 0.15) is 18.3 Å². The van der Waals surface area contributed by atoms with Crippen LogP contribution in [-0.4, -0.2) is 46.6 Å². The van der Waals surface area contributed by atoms with Crippen molar-refractivity contribution < 1.29 is 19.1 Å². The zero-order valence-corrected chi connectivity index (χ0v) is 22.2. The first-order chi connectivity index (χ1) is 17.4. The van der Waals surface area contributed by atoms with Crippen molar-refractivity contribution in [2.24, 2.45) is 0 Å². The number of amides is 2. The van der Waals surface area contributed by atoms with E-state index in [1.807, 2.05) is 17.6 Å². The number of nitrogens with zero attached hydrogens (tertiary/aromatic N) is 3. The summed E-state index contributed by atoms with van der Waals surface area (Å²) in [6, 6.07) is 10.4. The van der Waals surface area contributed by atoms with Crippen LogP contribution < -0.4 is 20.1 Å². The van der Waals surface area contributed by atoms with Crippen LogP contribution >= 0.6 is 35.0 Å². The van der Waals surface area contributed by atoms with Gasteiger partial charge in [0.1, 0.15) is 0 Å². The third-order valence-electron chi connectivity index (χ3n) is 4.92.